The highest BCUT2D eigenvalue weighted by molar-refractivity contribution is 7.22. The summed E-state index contributed by atoms with van der Waals surface area (Å²) >= 11 is 7.76. The van der Waals surface area contributed by atoms with Crippen LogP contribution < -0.4 is 10.2 Å². The van der Waals surface area contributed by atoms with E-state index in [2.05, 4.69) is 16.3 Å². The number of aromatic nitrogens is 1. The third-order valence-corrected chi connectivity index (χ3v) is 6.21. The lowest BCUT2D eigenvalue weighted by atomic mass is 9.96. The van der Waals surface area contributed by atoms with E-state index in [1.54, 1.807) is 11.3 Å². The summed E-state index contributed by atoms with van der Waals surface area (Å²) in [4.78, 5) is 19.6. The first kappa shape index (κ1) is 17.3. The molecule has 1 fully saturated rings. The Kier molecular flexibility index (Phi) is 4.83. The number of piperidine rings is 1. The first-order valence-corrected chi connectivity index (χ1v) is 9.97. The molecule has 1 saturated heterocycles. The quantitative estimate of drug-likeness (QED) is 0.681. The Morgan fingerprint density at radius 1 is 1.23 bits per heavy atom. The molecule has 0 aliphatic carbocycles. The number of fused-ring (bicyclic) bond motifs is 1. The van der Waals surface area contributed by atoms with Gasteiger partial charge in [0.1, 0.15) is 0 Å². The topological polar surface area (TPSA) is 45.2 Å². The Balaban J connectivity index is 1.39. The molecule has 6 heteroatoms. The van der Waals surface area contributed by atoms with Gasteiger partial charge in [0.25, 0.3) is 0 Å². The predicted octanol–water partition coefficient (Wildman–Crippen LogP) is 5.11. The van der Waals surface area contributed by atoms with Crippen LogP contribution in [0.5, 0.6) is 0 Å². The highest BCUT2D eigenvalue weighted by Crippen LogP contribution is 2.32. The number of halogens is 1. The molecule has 2 heterocycles. The average molecular weight is 386 g/mol. The second kappa shape index (κ2) is 7.25. The summed E-state index contributed by atoms with van der Waals surface area (Å²) in [5.74, 6) is 0.110. The molecule has 3 aromatic rings. The Morgan fingerprint density at radius 2 is 2.00 bits per heavy atom. The van der Waals surface area contributed by atoms with Gasteiger partial charge in [0, 0.05) is 29.7 Å². The van der Waals surface area contributed by atoms with Crippen LogP contribution in [0.2, 0.25) is 5.02 Å². The summed E-state index contributed by atoms with van der Waals surface area (Å²) in [6.07, 6.45) is 1.67. The van der Waals surface area contributed by atoms with E-state index in [0.29, 0.717) is 5.02 Å². The van der Waals surface area contributed by atoms with Crippen LogP contribution in [-0.2, 0) is 4.79 Å². The lowest BCUT2D eigenvalue weighted by Crippen LogP contribution is -2.38. The van der Waals surface area contributed by atoms with E-state index in [0.717, 1.165) is 47.8 Å². The molecule has 134 valence electrons. The second-order valence-corrected chi connectivity index (χ2v) is 8.12. The van der Waals surface area contributed by atoms with E-state index in [4.69, 9.17) is 16.6 Å². The molecule has 0 atom stereocenters. The van der Waals surface area contributed by atoms with Crippen molar-refractivity contribution in [1.82, 2.24) is 4.98 Å². The number of thiazole rings is 1. The molecule has 1 aliphatic heterocycles. The fourth-order valence-electron chi connectivity index (χ4n) is 3.29. The average Bonchev–Trinajstić information content (AvgIpc) is 3.09. The second-order valence-electron chi connectivity index (χ2n) is 6.67. The fourth-order valence-corrected chi connectivity index (χ4v) is 4.48. The summed E-state index contributed by atoms with van der Waals surface area (Å²) in [5, 5.41) is 4.73. The molecular formula is C20H20ClN3OS. The van der Waals surface area contributed by atoms with E-state index in [1.807, 2.05) is 43.3 Å². The molecule has 0 spiro atoms. The number of carbonyl (C=O) groups excluding carboxylic acids is 1. The monoisotopic (exact) mass is 385 g/mol. The molecule has 1 N–H and O–H groups in total. The maximum atomic E-state index is 12.6. The number of hydrogen-bond acceptors (Lipinski definition) is 4. The number of hydrogen-bond donors (Lipinski definition) is 1. The largest absolute Gasteiger partial charge is 0.348 e. The molecule has 0 unspecified atom stereocenters. The van der Waals surface area contributed by atoms with Crippen LogP contribution in [-0.4, -0.2) is 24.0 Å². The molecule has 1 amide bonds. The lowest BCUT2D eigenvalue weighted by molar-refractivity contribution is -0.120. The maximum absolute atomic E-state index is 12.6. The molecule has 4 nitrogen and oxygen atoms in total. The van der Waals surface area contributed by atoms with Gasteiger partial charge in [-0.15, -0.1) is 0 Å². The third kappa shape index (κ3) is 3.55. The highest BCUT2D eigenvalue weighted by atomic mass is 35.5. The van der Waals surface area contributed by atoms with E-state index in [-0.39, 0.29) is 11.8 Å². The lowest BCUT2D eigenvalue weighted by Gasteiger charge is -2.31. The van der Waals surface area contributed by atoms with Gasteiger partial charge in [0.05, 0.1) is 10.2 Å². The van der Waals surface area contributed by atoms with E-state index >= 15 is 0 Å². The van der Waals surface area contributed by atoms with Gasteiger partial charge in [-0.05, 0) is 49.6 Å². The minimum Gasteiger partial charge on any atom is -0.348 e. The normalized spacial score (nSPS) is 15.4. The molecule has 4 rings (SSSR count). The van der Waals surface area contributed by atoms with Crippen LogP contribution >= 0.6 is 22.9 Å². The van der Waals surface area contributed by atoms with Crippen molar-refractivity contribution in [3.8, 4) is 0 Å². The van der Waals surface area contributed by atoms with Gasteiger partial charge >= 0.3 is 0 Å². The van der Waals surface area contributed by atoms with Crippen LogP contribution in [0.3, 0.4) is 0 Å². The SMILES string of the molecule is Cc1ccc(Cl)cc1NC(=O)C1CCN(c2nc3ccccc3s2)CC1. The zero-order valence-electron chi connectivity index (χ0n) is 14.5. The van der Waals surface area contributed by atoms with E-state index < -0.39 is 0 Å². The van der Waals surface area contributed by atoms with Crippen LogP contribution in [0.15, 0.2) is 42.5 Å². The Morgan fingerprint density at radius 3 is 2.77 bits per heavy atom. The number of amides is 1. The van der Waals surface area contributed by atoms with Crippen molar-refractivity contribution in [1.29, 1.82) is 0 Å². The molecular weight excluding hydrogens is 366 g/mol. The summed E-state index contributed by atoms with van der Waals surface area (Å²) in [5.41, 5.74) is 2.87. The van der Waals surface area contributed by atoms with Crippen LogP contribution in [0.4, 0.5) is 10.8 Å². The zero-order valence-corrected chi connectivity index (χ0v) is 16.1. The number of carbonyl (C=O) groups is 1. The van der Waals surface area contributed by atoms with Crippen LogP contribution in [0, 0.1) is 12.8 Å². The van der Waals surface area contributed by atoms with Gasteiger partial charge in [0.2, 0.25) is 5.91 Å². The fraction of sp³-hybridized carbons (Fsp3) is 0.300. The number of nitrogens with zero attached hydrogens (tertiary/aromatic N) is 2. The Hall–Kier alpha value is -2.11. The van der Waals surface area contributed by atoms with Gasteiger partial charge < -0.3 is 10.2 Å². The van der Waals surface area contributed by atoms with Crippen molar-refractivity contribution < 1.29 is 4.79 Å². The van der Waals surface area contributed by atoms with Crippen molar-refractivity contribution in [2.75, 3.05) is 23.3 Å². The first-order valence-electron chi connectivity index (χ1n) is 8.78. The van der Waals surface area contributed by atoms with Gasteiger partial charge in [-0.3, -0.25) is 4.79 Å². The van der Waals surface area contributed by atoms with Gasteiger partial charge in [-0.2, -0.15) is 0 Å². The van der Waals surface area contributed by atoms with E-state index in [1.165, 1.54) is 4.70 Å². The van der Waals surface area contributed by atoms with Gasteiger partial charge in [0.15, 0.2) is 5.13 Å². The zero-order chi connectivity index (χ0) is 18.1. The molecule has 1 aromatic heterocycles. The number of rotatable bonds is 3. The maximum Gasteiger partial charge on any atom is 0.227 e. The van der Waals surface area contributed by atoms with Crippen LogP contribution in [0.25, 0.3) is 10.2 Å². The Bertz CT molecular complexity index is 914. The summed E-state index contributed by atoms with van der Waals surface area (Å²) in [7, 11) is 0. The number of nitrogens with one attached hydrogen (secondary N) is 1. The number of aryl methyl sites for hydroxylation is 1. The molecule has 2 aromatic carbocycles. The van der Waals surface area contributed by atoms with E-state index in [9.17, 15) is 4.79 Å². The van der Waals surface area contributed by atoms with Crippen molar-refractivity contribution >= 4 is 49.9 Å². The van der Waals surface area contributed by atoms with Crippen molar-refractivity contribution in [3.63, 3.8) is 0 Å². The Labute approximate surface area is 161 Å². The van der Waals surface area contributed by atoms with Crippen LogP contribution in [0.1, 0.15) is 18.4 Å². The molecule has 1 aliphatic rings. The first-order chi connectivity index (χ1) is 12.6. The molecule has 26 heavy (non-hydrogen) atoms. The smallest absolute Gasteiger partial charge is 0.227 e. The van der Waals surface area contributed by atoms with Crippen molar-refractivity contribution in [2.24, 2.45) is 5.92 Å². The minimum atomic E-state index is 0.0269. The van der Waals surface area contributed by atoms with Crippen molar-refractivity contribution in [3.05, 3.63) is 53.1 Å². The van der Waals surface area contributed by atoms with Crippen molar-refractivity contribution in [2.45, 2.75) is 19.8 Å². The predicted molar refractivity (Wildman–Crippen MR) is 109 cm³/mol. The number of anilines is 2. The number of benzene rings is 2. The molecule has 0 bridgehead atoms. The minimum absolute atomic E-state index is 0.0269. The summed E-state index contributed by atoms with van der Waals surface area (Å²) in [6.45, 7) is 3.68. The van der Waals surface area contributed by atoms with Gasteiger partial charge in [-0.25, -0.2) is 4.98 Å². The highest BCUT2D eigenvalue weighted by Gasteiger charge is 2.26. The summed E-state index contributed by atoms with van der Waals surface area (Å²) < 4.78 is 1.21. The third-order valence-electron chi connectivity index (χ3n) is 4.88. The number of para-hydroxylation sites is 1. The standard InChI is InChI=1S/C20H20ClN3OS/c1-13-6-7-15(21)12-17(13)22-19(25)14-8-10-24(11-9-14)20-23-16-4-2-3-5-18(16)26-20/h2-7,12,14H,8-11H2,1H3,(H,22,25). The summed E-state index contributed by atoms with van der Waals surface area (Å²) in [6, 6.07) is 13.8. The van der Waals surface area contributed by atoms with Gasteiger partial charge in [-0.1, -0.05) is 41.1 Å². The molecule has 0 saturated carbocycles. The molecule has 0 radical (unpaired) electrons.